The van der Waals surface area contributed by atoms with Crippen molar-refractivity contribution in [2.45, 2.75) is 32.7 Å². The van der Waals surface area contributed by atoms with Crippen molar-refractivity contribution in [1.29, 1.82) is 0 Å². The summed E-state index contributed by atoms with van der Waals surface area (Å²) in [5.74, 6) is 0. The quantitative estimate of drug-likeness (QED) is 0.800. The van der Waals surface area contributed by atoms with Crippen molar-refractivity contribution < 1.29 is 0 Å². The zero-order valence-corrected chi connectivity index (χ0v) is 11.8. The summed E-state index contributed by atoms with van der Waals surface area (Å²) >= 11 is 1.74. The maximum Gasteiger partial charge on any atom is 0.110 e. The number of hydrogen-bond donors (Lipinski definition) is 1. The number of aromatic nitrogens is 1. The van der Waals surface area contributed by atoms with E-state index in [1.54, 1.807) is 11.3 Å². The van der Waals surface area contributed by atoms with Gasteiger partial charge >= 0.3 is 0 Å². The number of nitrogens with zero attached hydrogens (tertiary/aromatic N) is 1. The molecule has 0 aliphatic rings. The summed E-state index contributed by atoms with van der Waals surface area (Å²) in [5, 5.41) is 6.83. The third kappa shape index (κ3) is 3.93. The van der Waals surface area contributed by atoms with Crippen LogP contribution < -0.4 is 5.32 Å². The number of thiazole rings is 1. The van der Waals surface area contributed by atoms with Crippen molar-refractivity contribution in [1.82, 2.24) is 10.3 Å². The number of hydrogen-bond acceptors (Lipinski definition) is 3. The molecule has 0 spiro atoms. The standard InChI is InChI=1S/C15H20N2S/c1-12-11-18-15(17-12)13(2)16-10-6-9-14-7-4-3-5-8-14/h3-5,7-8,11,13,16H,6,9-10H2,1-2H3. The summed E-state index contributed by atoms with van der Waals surface area (Å²) in [5.41, 5.74) is 2.53. The molecule has 3 heteroatoms. The Morgan fingerprint density at radius 3 is 2.72 bits per heavy atom. The lowest BCUT2D eigenvalue weighted by Crippen LogP contribution is -2.20. The van der Waals surface area contributed by atoms with Gasteiger partial charge in [-0.1, -0.05) is 30.3 Å². The topological polar surface area (TPSA) is 24.9 Å². The molecule has 2 nitrogen and oxygen atoms in total. The second-order valence-electron chi connectivity index (χ2n) is 4.59. The molecule has 0 aliphatic heterocycles. The molecular formula is C15H20N2S. The maximum absolute atomic E-state index is 4.50. The Hall–Kier alpha value is -1.19. The van der Waals surface area contributed by atoms with Gasteiger partial charge in [0.15, 0.2) is 0 Å². The SMILES string of the molecule is Cc1csc(C(C)NCCCc2ccccc2)n1. The van der Waals surface area contributed by atoms with E-state index in [2.05, 4.69) is 52.9 Å². The van der Waals surface area contributed by atoms with Crippen LogP contribution in [0, 0.1) is 6.92 Å². The van der Waals surface area contributed by atoms with Gasteiger partial charge in [-0.05, 0) is 38.8 Å². The second kappa shape index (κ2) is 6.66. The molecule has 2 aromatic rings. The Balaban J connectivity index is 1.69. The fraction of sp³-hybridized carbons (Fsp3) is 0.400. The van der Waals surface area contributed by atoms with Gasteiger partial charge < -0.3 is 5.32 Å². The van der Waals surface area contributed by atoms with Crippen LogP contribution in [-0.2, 0) is 6.42 Å². The van der Waals surface area contributed by atoms with Crippen LogP contribution in [0.3, 0.4) is 0 Å². The van der Waals surface area contributed by atoms with Crippen LogP contribution in [0.25, 0.3) is 0 Å². The first kappa shape index (κ1) is 13.2. The molecule has 1 aromatic carbocycles. The van der Waals surface area contributed by atoms with Crippen LogP contribution >= 0.6 is 11.3 Å². The van der Waals surface area contributed by atoms with Gasteiger partial charge in [-0.15, -0.1) is 11.3 Å². The highest BCUT2D eigenvalue weighted by Gasteiger charge is 2.07. The van der Waals surface area contributed by atoms with Crippen LogP contribution in [0.4, 0.5) is 0 Å². The highest BCUT2D eigenvalue weighted by atomic mass is 32.1. The molecule has 0 saturated carbocycles. The summed E-state index contributed by atoms with van der Waals surface area (Å²) < 4.78 is 0. The second-order valence-corrected chi connectivity index (χ2v) is 5.48. The normalized spacial score (nSPS) is 12.6. The third-order valence-electron chi connectivity index (χ3n) is 2.94. The van der Waals surface area contributed by atoms with Gasteiger partial charge in [-0.25, -0.2) is 4.98 Å². The van der Waals surface area contributed by atoms with E-state index in [-0.39, 0.29) is 0 Å². The number of benzene rings is 1. The van der Waals surface area contributed by atoms with Crippen LogP contribution in [0.5, 0.6) is 0 Å². The van der Waals surface area contributed by atoms with E-state index in [0.29, 0.717) is 6.04 Å². The fourth-order valence-electron chi connectivity index (χ4n) is 1.91. The van der Waals surface area contributed by atoms with E-state index in [0.717, 1.165) is 18.7 Å². The number of nitrogens with one attached hydrogen (secondary N) is 1. The Kier molecular flexibility index (Phi) is 4.90. The zero-order chi connectivity index (χ0) is 12.8. The zero-order valence-electron chi connectivity index (χ0n) is 11.0. The Bertz CT molecular complexity index is 464. The highest BCUT2D eigenvalue weighted by molar-refractivity contribution is 7.09. The maximum atomic E-state index is 4.50. The number of aryl methyl sites for hydroxylation is 2. The molecule has 2 rings (SSSR count). The monoisotopic (exact) mass is 260 g/mol. The van der Waals surface area contributed by atoms with Crippen LogP contribution in [0.15, 0.2) is 35.7 Å². The van der Waals surface area contributed by atoms with Gasteiger partial charge in [0.25, 0.3) is 0 Å². The van der Waals surface area contributed by atoms with Gasteiger partial charge in [-0.2, -0.15) is 0 Å². The molecular weight excluding hydrogens is 240 g/mol. The minimum Gasteiger partial charge on any atom is -0.308 e. The van der Waals surface area contributed by atoms with Crippen molar-refractivity contribution in [3.63, 3.8) is 0 Å². The summed E-state index contributed by atoms with van der Waals surface area (Å²) in [6.45, 7) is 5.26. The molecule has 96 valence electrons. The third-order valence-corrected chi connectivity index (χ3v) is 4.09. The molecule has 0 radical (unpaired) electrons. The average molecular weight is 260 g/mol. The van der Waals surface area contributed by atoms with Crippen molar-refractivity contribution in [3.05, 3.63) is 52.0 Å². The van der Waals surface area contributed by atoms with Crippen molar-refractivity contribution >= 4 is 11.3 Å². The van der Waals surface area contributed by atoms with Crippen LogP contribution in [0.1, 0.15) is 35.7 Å². The first-order chi connectivity index (χ1) is 8.75. The van der Waals surface area contributed by atoms with E-state index in [9.17, 15) is 0 Å². The van der Waals surface area contributed by atoms with Gasteiger partial charge in [-0.3, -0.25) is 0 Å². The molecule has 1 unspecified atom stereocenters. The largest absolute Gasteiger partial charge is 0.308 e. The summed E-state index contributed by atoms with van der Waals surface area (Å²) in [4.78, 5) is 4.50. The molecule has 1 N–H and O–H groups in total. The Morgan fingerprint density at radius 1 is 1.28 bits per heavy atom. The molecule has 0 saturated heterocycles. The molecule has 1 aromatic heterocycles. The lowest BCUT2D eigenvalue weighted by atomic mass is 10.1. The molecule has 0 amide bonds. The van der Waals surface area contributed by atoms with Gasteiger partial charge in [0.05, 0.1) is 6.04 Å². The summed E-state index contributed by atoms with van der Waals surface area (Å²) in [6.07, 6.45) is 2.30. The fourth-order valence-corrected chi connectivity index (χ4v) is 2.74. The minimum absolute atomic E-state index is 0.361. The predicted octanol–water partition coefficient (Wildman–Crippen LogP) is 3.73. The van der Waals surface area contributed by atoms with Crippen LogP contribution in [-0.4, -0.2) is 11.5 Å². The first-order valence-corrected chi connectivity index (χ1v) is 7.33. The molecule has 0 fully saturated rings. The smallest absolute Gasteiger partial charge is 0.110 e. The Morgan fingerprint density at radius 2 is 2.06 bits per heavy atom. The summed E-state index contributed by atoms with van der Waals surface area (Å²) in [7, 11) is 0. The van der Waals surface area contributed by atoms with Gasteiger partial charge in [0.2, 0.25) is 0 Å². The molecule has 0 aliphatic carbocycles. The first-order valence-electron chi connectivity index (χ1n) is 6.45. The molecule has 1 atom stereocenters. The van der Waals surface area contributed by atoms with E-state index < -0.39 is 0 Å². The van der Waals surface area contributed by atoms with E-state index in [4.69, 9.17) is 0 Å². The minimum atomic E-state index is 0.361. The van der Waals surface area contributed by atoms with Gasteiger partial charge in [0, 0.05) is 11.1 Å². The van der Waals surface area contributed by atoms with E-state index >= 15 is 0 Å². The molecule has 1 heterocycles. The van der Waals surface area contributed by atoms with Gasteiger partial charge in [0.1, 0.15) is 5.01 Å². The van der Waals surface area contributed by atoms with Crippen molar-refractivity contribution in [2.75, 3.05) is 6.54 Å². The predicted molar refractivity (Wildman–Crippen MR) is 78.0 cm³/mol. The lowest BCUT2D eigenvalue weighted by molar-refractivity contribution is 0.555. The molecule has 18 heavy (non-hydrogen) atoms. The average Bonchev–Trinajstić information content (AvgIpc) is 2.82. The van der Waals surface area contributed by atoms with E-state index in [1.807, 2.05) is 6.92 Å². The highest BCUT2D eigenvalue weighted by Crippen LogP contribution is 2.17. The van der Waals surface area contributed by atoms with Crippen molar-refractivity contribution in [2.24, 2.45) is 0 Å². The summed E-state index contributed by atoms with van der Waals surface area (Å²) in [6, 6.07) is 11.0. The van der Waals surface area contributed by atoms with Crippen LogP contribution in [0.2, 0.25) is 0 Å². The Labute approximate surface area is 113 Å². The number of rotatable bonds is 6. The molecule has 0 bridgehead atoms. The van der Waals surface area contributed by atoms with Crippen molar-refractivity contribution in [3.8, 4) is 0 Å². The lowest BCUT2D eigenvalue weighted by Gasteiger charge is -2.10. The van der Waals surface area contributed by atoms with E-state index in [1.165, 1.54) is 17.0 Å².